The molecule has 0 aliphatic rings. The van der Waals surface area contributed by atoms with E-state index in [0.29, 0.717) is 12.6 Å². The van der Waals surface area contributed by atoms with Crippen LogP contribution < -0.4 is 11.0 Å². The molecule has 0 fully saturated rings. The van der Waals surface area contributed by atoms with E-state index in [4.69, 9.17) is 0 Å². The normalized spacial score (nSPS) is 10.9. The largest absolute Gasteiger partial charge is 0.328 e. The van der Waals surface area contributed by atoms with Crippen molar-refractivity contribution in [2.24, 2.45) is 7.05 Å². The van der Waals surface area contributed by atoms with Gasteiger partial charge in [0.25, 0.3) is 0 Å². The Morgan fingerprint density at radius 3 is 2.67 bits per heavy atom. The summed E-state index contributed by atoms with van der Waals surface area (Å²) >= 11 is 0. The second kappa shape index (κ2) is 4.98. The van der Waals surface area contributed by atoms with Gasteiger partial charge in [0.2, 0.25) is 0 Å². The fourth-order valence-electron chi connectivity index (χ4n) is 1.28. The molecule has 1 heterocycles. The molecule has 0 aliphatic carbocycles. The monoisotopic (exact) mass is 209 g/mol. The third-order valence-electron chi connectivity index (χ3n) is 2.17. The lowest BCUT2D eigenvalue weighted by Crippen LogP contribution is -2.28. The van der Waals surface area contributed by atoms with Crippen molar-refractivity contribution in [2.45, 2.75) is 26.4 Å². The van der Waals surface area contributed by atoms with E-state index in [-0.39, 0.29) is 5.69 Å². The van der Waals surface area contributed by atoms with Crippen LogP contribution in [0.5, 0.6) is 0 Å². The topological polar surface area (TPSA) is 39.0 Å². The maximum absolute atomic E-state index is 11.5. The highest BCUT2D eigenvalue weighted by Gasteiger charge is 2.02. The number of aryl methyl sites for hydroxylation is 1. The summed E-state index contributed by atoms with van der Waals surface area (Å²) in [5.41, 5.74) is 1.01. The number of nitrogens with one attached hydrogen (secondary N) is 1. The lowest BCUT2D eigenvalue weighted by atomic mass is 10.3. The Hall–Kier alpha value is -1.29. The average molecular weight is 209 g/mol. The van der Waals surface area contributed by atoms with Gasteiger partial charge in [0.05, 0.1) is 0 Å². The van der Waals surface area contributed by atoms with Gasteiger partial charge in [-0.3, -0.25) is 4.57 Å². The molecule has 4 heteroatoms. The Morgan fingerprint density at radius 2 is 2.20 bits per heavy atom. The predicted molar refractivity (Wildman–Crippen MR) is 62.0 cm³/mol. The molecule has 84 valence electrons. The fourth-order valence-corrected chi connectivity index (χ4v) is 1.28. The van der Waals surface area contributed by atoms with E-state index in [2.05, 4.69) is 25.7 Å². The SMILES string of the molecule is C=C(CNC(C)C)Cn1ccn(C)c1=O. The van der Waals surface area contributed by atoms with Gasteiger partial charge in [0.15, 0.2) is 0 Å². The van der Waals surface area contributed by atoms with Crippen LogP contribution in [0, 0.1) is 0 Å². The molecule has 0 aliphatic heterocycles. The molecule has 0 bridgehead atoms. The van der Waals surface area contributed by atoms with Crippen molar-refractivity contribution < 1.29 is 0 Å². The van der Waals surface area contributed by atoms with Crippen LogP contribution >= 0.6 is 0 Å². The van der Waals surface area contributed by atoms with Crippen molar-refractivity contribution in [3.63, 3.8) is 0 Å². The minimum absolute atomic E-state index is 0.000645. The lowest BCUT2D eigenvalue weighted by molar-refractivity contribution is 0.597. The van der Waals surface area contributed by atoms with Gasteiger partial charge in [0, 0.05) is 38.6 Å². The number of rotatable bonds is 5. The van der Waals surface area contributed by atoms with Crippen molar-refractivity contribution in [3.8, 4) is 0 Å². The Bertz CT molecular complexity index is 387. The number of imidazole rings is 1. The third-order valence-corrected chi connectivity index (χ3v) is 2.17. The second-order valence-electron chi connectivity index (χ2n) is 4.11. The number of aromatic nitrogens is 2. The molecule has 0 amide bonds. The second-order valence-corrected chi connectivity index (χ2v) is 4.11. The van der Waals surface area contributed by atoms with E-state index < -0.39 is 0 Å². The van der Waals surface area contributed by atoms with Crippen LogP contribution in [0.4, 0.5) is 0 Å². The zero-order valence-corrected chi connectivity index (χ0v) is 9.66. The van der Waals surface area contributed by atoms with Gasteiger partial charge in [0.1, 0.15) is 0 Å². The molecule has 0 aromatic carbocycles. The van der Waals surface area contributed by atoms with E-state index in [1.54, 1.807) is 28.6 Å². The highest BCUT2D eigenvalue weighted by atomic mass is 16.1. The molecule has 15 heavy (non-hydrogen) atoms. The number of nitrogens with zero attached hydrogens (tertiary/aromatic N) is 2. The summed E-state index contributed by atoms with van der Waals surface area (Å²) < 4.78 is 3.22. The molecule has 0 atom stereocenters. The fraction of sp³-hybridized carbons (Fsp3) is 0.545. The first-order valence-electron chi connectivity index (χ1n) is 5.12. The molecule has 4 nitrogen and oxygen atoms in total. The van der Waals surface area contributed by atoms with Crippen LogP contribution in [0.2, 0.25) is 0 Å². The van der Waals surface area contributed by atoms with Crippen molar-refractivity contribution in [3.05, 3.63) is 35.0 Å². The molecule has 1 aromatic heterocycles. The highest BCUT2D eigenvalue weighted by molar-refractivity contribution is 4.99. The van der Waals surface area contributed by atoms with Crippen LogP contribution in [-0.2, 0) is 13.6 Å². The molecule has 1 aromatic rings. The van der Waals surface area contributed by atoms with E-state index in [9.17, 15) is 4.79 Å². The minimum Gasteiger partial charge on any atom is -0.311 e. The molecule has 0 unspecified atom stereocenters. The van der Waals surface area contributed by atoms with Crippen LogP contribution in [-0.4, -0.2) is 21.7 Å². The van der Waals surface area contributed by atoms with E-state index >= 15 is 0 Å². The van der Waals surface area contributed by atoms with Gasteiger partial charge in [-0.15, -0.1) is 0 Å². The van der Waals surface area contributed by atoms with Gasteiger partial charge in [-0.25, -0.2) is 4.79 Å². The van der Waals surface area contributed by atoms with Crippen LogP contribution in [0.15, 0.2) is 29.3 Å². The zero-order chi connectivity index (χ0) is 11.4. The van der Waals surface area contributed by atoms with Crippen molar-refractivity contribution in [2.75, 3.05) is 6.54 Å². The molecule has 1 N–H and O–H groups in total. The molecule has 0 saturated carbocycles. The maximum Gasteiger partial charge on any atom is 0.328 e. The standard InChI is InChI=1S/C11H19N3O/c1-9(2)12-7-10(3)8-14-6-5-13(4)11(14)15/h5-6,9,12H,3,7-8H2,1-2,4H3. The van der Waals surface area contributed by atoms with Gasteiger partial charge < -0.3 is 9.88 Å². The number of hydrogen-bond acceptors (Lipinski definition) is 2. The summed E-state index contributed by atoms with van der Waals surface area (Å²) in [6.45, 7) is 9.44. The summed E-state index contributed by atoms with van der Waals surface area (Å²) in [5, 5.41) is 3.27. The molecular formula is C11H19N3O. The molecular weight excluding hydrogens is 190 g/mol. The van der Waals surface area contributed by atoms with E-state index in [0.717, 1.165) is 12.1 Å². The molecule has 0 spiro atoms. The van der Waals surface area contributed by atoms with Gasteiger partial charge in [-0.1, -0.05) is 20.4 Å². The van der Waals surface area contributed by atoms with Crippen molar-refractivity contribution in [1.82, 2.24) is 14.5 Å². The van der Waals surface area contributed by atoms with Crippen molar-refractivity contribution in [1.29, 1.82) is 0 Å². The first-order chi connectivity index (χ1) is 7.00. The molecule has 0 radical (unpaired) electrons. The van der Waals surface area contributed by atoms with Gasteiger partial charge >= 0.3 is 5.69 Å². The van der Waals surface area contributed by atoms with E-state index in [1.165, 1.54) is 0 Å². The lowest BCUT2D eigenvalue weighted by Gasteiger charge is -2.10. The maximum atomic E-state index is 11.5. The predicted octanol–water partition coefficient (Wildman–Crippen LogP) is 0.741. The van der Waals surface area contributed by atoms with Gasteiger partial charge in [-0.05, 0) is 5.57 Å². The summed E-state index contributed by atoms with van der Waals surface area (Å²) in [7, 11) is 1.74. The first-order valence-corrected chi connectivity index (χ1v) is 5.12. The molecule has 0 saturated heterocycles. The van der Waals surface area contributed by atoms with Crippen LogP contribution in [0.1, 0.15) is 13.8 Å². The minimum atomic E-state index is 0.000645. The summed E-state index contributed by atoms with van der Waals surface area (Å²) in [6, 6.07) is 0.439. The quantitative estimate of drug-likeness (QED) is 0.726. The summed E-state index contributed by atoms with van der Waals surface area (Å²) in [5.74, 6) is 0. The van der Waals surface area contributed by atoms with Crippen molar-refractivity contribution >= 4 is 0 Å². The Morgan fingerprint density at radius 1 is 1.53 bits per heavy atom. The van der Waals surface area contributed by atoms with Crippen LogP contribution in [0.25, 0.3) is 0 Å². The highest BCUT2D eigenvalue weighted by Crippen LogP contribution is 1.94. The summed E-state index contributed by atoms with van der Waals surface area (Å²) in [6.07, 6.45) is 3.54. The smallest absolute Gasteiger partial charge is 0.311 e. The molecule has 1 rings (SSSR count). The van der Waals surface area contributed by atoms with E-state index in [1.807, 2.05) is 0 Å². The van der Waals surface area contributed by atoms with Gasteiger partial charge in [-0.2, -0.15) is 0 Å². The zero-order valence-electron chi connectivity index (χ0n) is 9.66. The number of hydrogen-bond donors (Lipinski definition) is 1. The van der Waals surface area contributed by atoms with Crippen LogP contribution in [0.3, 0.4) is 0 Å². The average Bonchev–Trinajstić information content (AvgIpc) is 2.47. The third kappa shape index (κ3) is 3.40. The Balaban J connectivity index is 2.52. The Labute approximate surface area is 90.2 Å². The Kier molecular flexibility index (Phi) is 3.91. The summed E-state index contributed by atoms with van der Waals surface area (Å²) in [4.78, 5) is 11.5. The first kappa shape index (κ1) is 11.8.